The van der Waals surface area contributed by atoms with Crippen LogP contribution >= 0.6 is 0 Å². The van der Waals surface area contributed by atoms with Gasteiger partial charge in [0.25, 0.3) is 10.0 Å². The lowest BCUT2D eigenvalue weighted by Crippen LogP contribution is -2.41. The van der Waals surface area contributed by atoms with E-state index in [0.29, 0.717) is 11.6 Å². The molecule has 3 rings (SSSR count). The maximum Gasteiger partial charge on any atom is 0.264 e. The van der Waals surface area contributed by atoms with E-state index in [9.17, 15) is 17.6 Å². The fourth-order valence-electron chi connectivity index (χ4n) is 3.43. The molecule has 1 amide bonds. The van der Waals surface area contributed by atoms with Gasteiger partial charge in [0, 0.05) is 0 Å². The zero-order valence-corrected chi connectivity index (χ0v) is 20.1. The van der Waals surface area contributed by atoms with Crippen molar-refractivity contribution in [2.45, 2.75) is 44.6 Å². The van der Waals surface area contributed by atoms with Crippen molar-refractivity contribution >= 4 is 21.6 Å². The molecule has 3 aromatic carbocycles. The van der Waals surface area contributed by atoms with Crippen molar-refractivity contribution in [3.8, 4) is 0 Å². The van der Waals surface area contributed by atoms with E-state index in [2.05, 4.69) is 19.2 Å². The predicted molar refractivity (Wildman–Crippen MR) is 129 cm³/mol. The quantitative estimate of drug-likeness (QED) is 0.486. The molecule has 0 saturated heterocycles. The fourth-order valence-corrected chi connectivity index (χ4v) is 4.85. The van der Waals surface area contributed by atoms with Gasteiger partial charge in [-0.15, -0.1) is 0 Å². The van der Waals surface area contributed by atoms with Crippen molar-refractivity contribution in [3.63, 3.8) is 0 Å². The number of halogens is 1. The summed E-state index contributed by atoms with van der Waals surface area (Å²) in [7, 11) is -3.98. The lowest BCUT2D eigenvalue weighted by molar-refractivity contribution is -0.120. The van der Waals surface area contributed by atoms with Gasteiger partial charge in [-0.1, -0.05) is 55.8 Å². The number of nitrogens with zero attached hydrogens (tertiary/aromatic N) is 1. The van der Waals surface area contributed by atoms with Gasteiger partial charge < -0.3 is 5.32 Å². The number of aryl methyl sites for hydroxylation is 1. The summed E-state index contributed by atoms with van der Waals surface area (Å²) in [5.74, 6) is -0.533. The Bertz CT molecular complexity index is 1190. The molecule has 33 heavy (non-hydrogen) atoms. The standard InChI is InChI=1S/C26H29FN2O3S/c1-18(2)21-9-13-24(14-10-21)29(33(31,32)25-15-5-19(3)6-16-25)17-26(30)28-20(4)22-7-11-23(27)12-8-22/h5-16,18,20H,17H2,1-4H3,(H,28,30)/t20-/m0/s1. The van der Waals surface area contributed by atoms with Gasteiger partial charge >= 0.3 is 0 Å². The molecule has 5 nitrogen and oxygen atoms in total. The molecule has 0 aliphatic heterocycles. The van der Waals surface area contributed by atoms with Gasteiger partial charge in [-0.3, -0.25) is 9.10 Å². The first-order valence-electron chi connectivity index (χ1n) is 10.8. The van der Waals surface area contributed by atoms with Gasteiger partial charge in [0.1, 0.15) is 12.4 Å². The summed E-state index contributed by atoms with van der Waals surface area (Å²) in [6.07, 6.45) is 0. The Labute approximate surface area is 195 Å². The van der Waals surface area contributed by atoms with E-state index in [1.807, 2.05) is 19.1 Å². The topological polar surface area (TPSA) is 66.5 Å². The number of nitrogens with one attached hydrogen (secondary N) is 1. The average Bonchev–Trinajstić information content (AvgIpc) is 2.78. The van der Waals surface area contributed by atoms with Crippen LogP contribution in [0.25, 0.3) is 0 Å². The van der Waals surface area contributed by atoms with Crippen LogP contribution in [-0.2, 0) is 14.8 Å². The number of hydrogen-bond acceptors (Lipinski definition) is 3. The van der Waals surface area contributed by atoms with Crippen molar-refractivity contribution < 1.29 is 17.6 Å². The molecule has 1 atom stereocenters. The Balaban J connectivity index is 1.90. The average molecular weight is 469 g/mol. The SMILES string of the molecule is Cc1ccc(S(=O)(=O)N(CC(=O)N[C@@H](C)c2ccc(F)cc2)c2ccc(C(C)C)cc2)cc1. The van der Waals surface area contributed by atoms with Crippen LogP contribution in [0, 0.1) is 12.7 Å². The van der Waals surface area contributed by atoms with E-state index in [4.69, 9.17) is 0 Å². The number of anilines is 1. The molecular weight excluding hydrogens is 439 g/mol. The smallest absolute Gasteiger partial charge is 0.264 e. The first-order chi connectivity index (χ1) is 15.6. The van der Waals surface area contributed by atoms with Crippen LogP contribution in [0.5, 0.6) is 0 Å². The summed E-state index contributed by atoms with van der Waals surface area (Å²) < 4.78 is 41.3. The zero-order chi connectivity index (χ0) is 24.2. The molecule has 0 fully saturated rings. The highest BCUT2D eigenvalue weighted by Gasteiger charge is 2.27. The number of sulfonamides is 1. The summed E-state index contributed by atoms with van der Waals surface area (Å²) in [6.45, 7) is 7.37. The van der Waals surface area contributed by atoms with Gasteiger partial charge in [-0.05, 0) is 67.3 Å². The molecule has 0 aliphatic carbocycles. The molecule has 3 aromatic rings. The van der Waals surface area contributed by atoms with Gasteiger partial charge in [0.2, 0.25) is 5.91 Å². The first kappa shape index (κ1) is 24.5. The predicted octanol–water partition coefficient (Wildman–Crippen LogP) is 5.33. The Morgan fingerprint density at radius 3 is 1.97 bits per heavy atom. The molecule has 0 spiro atoms. The van der Waals surface area contributed by atoms with Crippen LogP contribution in [0.4, 0.5) is 10.1 Å². The van der Waals surface area contributed by atoms with Gasteiger partial charge in [0.15, 0.2) is 0 Å². The lowest BCUT2D eigenvalue weighted by atomic mass is 10.0. The van der Waals surface area contributed by atoms with E-state index in [1.165, 1.54) is 12.1 Å². The van der Waals surface area contributed by atoms with Crippen LogP contribution in [0.1, 0.15) is 49.4 Å². The Morgan fingerprint density at radius 1 is 0.879 bits per heavy atom. The highest BCUT2D eigenvalue weighted by molar-refractivity contribution is 7.92. The van der Waals surface area contributed by atoms with Crippen LogP contribution in [-0.4, -0.2) is 20.9 Å². The Kier molecular flexibility index (Phi) is 7.53. The number of carbonyl (C=O) groups is 1. The molecule has 0 bridgehead atoms. The van der Waals surface area contributed by atoms with Crippen LogP contribution in [0.15, 0.2) is 77.7 Å². The minimum atomic E-state index is -3.98. The molecule has 0 radical (unpaired) electrons. The fraction of sp³-hybridized carbons (Fsp3) is 0.269. The molecule has 0 aliphatic rings. The molecular formula is C26H29FN2O3S. The van der Waals surface area contributed by atoms with Crippen LogP contribution in [0.2, 0.25) is 0 Å². The third kappa shape index (κ3) is 5.99. The number of hydrogen-bond donors (Lipinski definition) is 1. The number of rotatable bonds is 8. The number of amides is 1. The number of carbonyl (C=O) groups excluding carboxylic acids is 1. The van der Waals surface area contributed by atoms with E-state index < -0.39 is 22.0 Å². The van der Waals surface area contributed by atoms with Crippen molar-refractivity contribution in [3.05, 3.63) is 95.3 Å². The maximum absolute atomic E-state index is 13.5. The minimum Gasteiger partial charge on any atom is -0.348 e. The molecule has 7 heteroatoms. The van der Waals surface area contributed by atoms with Gasteiger partial charge in [-0.25, -0.2) is 12.8 Å². The largest absolute Gasteiger partial charge is 0.348 e. The molecule has 0 heterocycles. The van der Waals surface area contributed by atoms with Crippen molar-refractivity contribution in [2.24, 2.45) is 0 Å². The van der Waals surface area contributed by atoms with Crippen molar-refractivity contribution in [1.82, 2.24) is 5.32 Å². The van der Waals surface area contributed by atoms with E-state index in [0.717, 1.165) is 21.0 Å². The van der Waals surface area contributed by atoms with Gasteiger partial charge in [0.05, 0.1) is 16.6 Å². The Hall–Kier alpha value is -3.19. The first-order valence-corrected chi connectivity index (χ1v) is 12.3. The summed E-state index contributed by atoms with van der Waals surface area (Å²) in [4.78, 5) is 13.0. The summed E-state index contributed by atoms with van der Waals surface area (Å²) in [5, 5.41) is 2.81. The van der Waals surface area contributed by atoms with Crippen molar-refractivity contribution in [2.75, 3.05) is 10.8 Å². The van der Waals surface area contributed by atoms with Gasteiger partial charge in [-0.2, -0.15) is 0 Å². The molecule has 0 saturated carbocycles. The second-order valence-electron chi connectivity index (χ2n) is 8.41. The molecule has 1 N–H and O–H groups in total. The van der Waals surface area contributed by atoms with Crippen LogP contribution < -0.4 is 9.62 Å². The third-order valence-electron chi connectivity index (χ3n) is 5.49. The summed E-state index contributed by atoms with van der Waals surface area (Å²) >= 11 is 0. The second-order valence-corrected chi connectivity index (χ2v) is 10.3. The zero-order valence-electron chi connectivity index (χ0n) is 19.2. The van der Waals surface area contributed by atoms with E-state index in [1.54, 1.807) is 55.5 Å². The molecule has 0 aromatic heterocycles. The lowest BCUT2D eigenvalue weighted by Gasteiger charge is -2.25. The summed E-state index contributed by atoms with van der Waals surface area (Å²) in [6, 6.07) is 19.1. The minimum absolute atomic E-state index is 0.111. The number of benzene rings is 3. The maximum atomic E-state index is 13.5. The summed E-state index contributed by atoms with van der Waals surface area (Å²) in [5.41, 5.74) is 3.14. The Morgan fingerprint density at radius 2 is 1.42 bits per heavy atom. The molecule has 174 valence electrons. The normalized spacial score (nSPS) is 12.4. The van der Waals surface area contributed by atoms with E-state index >= 15 is 0 Å². The van der Waals surface area contributed by atoms with Crippen LogP contribution in [0.3, 0.4) is 0 Å². The monoisotopic (exact) mass is 468 g/mol. The third-order valence-corrected chi connectivity index (χ3v) is 7.28. The van der Waals surface area contributed by atoms with Crippen molar-refractivity contribution in [1.29, 1.82) is 0 Å². The van der Waals surface area contributed by atoms with E-state index in [-0.39, 0.29) is 17.3 Å². The highest BCUT2D eigenvalue weighted by Crippen LogP contribution is 2.26. The second kappa shape index (κ2) is 10.2. The highest BCUT2D eigenvalue weighted by atomic mass is 32.2. The molecule has 0 unspecified atom stereocenters.